The lowest BCUT2D eigenvalue weighted by Gasteiger charge is -2.30. The Morgan fingerprint density at radius 1 is 1.15 bits per heavy atom. The monoisotopic (exact) mass is 538 g/mol. The number of rotatable bonds is 5. The molecule has 5 rings (SSSR count). The lowest BCUT2D eigenvalue weighted by molar-refractivity contribution is -0.0511. The number of nitrogens with zero attached hydrogens (tertiary/aromatic N) is 5. The van der Waals surface area contributed by atoms with E-state index in [1.165, 1.54) is 10.9 Å². The molecule has 2 aliphatic rings. The molecule has 2 saturated heterocycles. The molecule has 1 aromatic carbocycles. The maximum Gasteiger partial charge on any atom is 0.415 e. The van der Waals surface area contributed by atoms with Gasteiger partial charge < -0.3 is 40.2 Å². The zero-order valence-electron chi connectivity index (χ0n) is 21.3. The highest BCUT2D eigenvalue weighted by atomic mass is 16.6. The molecular formula is C26H30N6O7. The average Bonchev–Trinajstić information content (AvgIpc) is 3.50. The molecule has 1 amide bonds. The van der Waals surface area contributed by atoms with E-state index >= 15 is 0 Å². The number of aliphatic hydroxyl groups is 3. The molecule has 2 aliphatic heterocycles. The largest absolute Gasteiger partial charge is 0.497 e. The summed E-state index contributed by atoms with van der Waals surface area (Å²) in [7, 11) is 1.58. The lowest BCUT2D eigenvalue weighted by Crippen LogP contribution is -2.40. The molecule has 5 N–H and O–H groups in total. The van der Waals surface area contributed by atoms with Gasteiger partial charge in [0.05, 0.1) is 20.0 Å². The summed E-state index contributed by atoms with van der Waals surface area (Å²) in [6.45, 7) is 0.693. The third-order valence-corrected chi connectivity index (χ3v) is 6.97. The van der Waals surface area contributed by atoms with Gasteiger partial charge in [0.15, 0.2) is 17.7 Å². The van der Waals surface area contributed by atoms with Crippen LogP contribution in [-0.2, 0) is 4.74 Å². The van der Waals surface area contributed by atoms with Crippen molar-refractivity contribution in [3.05, 3.63) is 36.4 Å². The minimum atomic E-state index is -1.29. The summed E-state index contributed by atoms with van der Waals surface area (Å²) in [5, 5.41) is 29.9. The summed E-state index contributed by atoms with van der Waals surface area (Å²) >= 11 is 0. The summed E-state index contributed by atoms with van der Waals surface area (Å²) in [5.41, 5.74) is 6.68. The Labute approximate surface area is 224 Å². The molecule has 0 aliphatic carbocycles. The van der Waals surface area contributed by atoms with Crippen LogP contribution in [0.5, 0.6) is 11.5 Å². The molecular weight excluding hydrogens is 508 g/mol. The van der Waals surface area contributed by atoms with Crippen LogP contribution in [0.1, 0.15) is 31.3 Å². The molecule has 2 aromatic heterocycles. The Bertz CT molecular complexity index is 1380. The van der Waals surface area contributed by atoms with Crippen LogP contribution in [0.25, 0.3) is 11.2 Å². The van der Waals surface area contributed by atoms with Gasteiger partial charge in [0.1, 0.15) is 35.3 Å². The Morgan fingerprint density at radius 3 is 2.54 bits per heavy atom. The highest BCUT2D eigenvalue weighted by molar-refractivity contribution is 5.82. The molecule has 13 heteroatoms. The van der Waals surface area contributed by atoms with Crippen molar-refractivity contribution in [3.63, 3.8) is 0 Å². The van der Waals surface area contributed by atoms with Gasteiger partial charge in [0.25, 0.3) is 0 Å². The number of methoxy groups -OCH3 is 1. The van der Waals surface area contributed by atoms with Crippen LogP contribution < -0.4 is 15.2 Å². The Morgan fingerprint density at radius 2 is 1.87 bits per heavy atom. The van der Waals surface area contributed by atoms with Crippen molar-refractivity contribution in [2.75, 3.05) is 32.5 Å². The minimum absolute atomic E-state index is 0.124. The number of aromatic nitrogens is 4. The van der Waals surface area contributed by atoms with E-state index in [0.717, 1.165) is 12.8 Å². The van der Waals surface area contributed by atoms with Gasteiger partial charge >= 0.3 is 6.09 Å². The fourth-order valence-corrected chi connectivity index (χ4v) is 4.69. The van der Waals surface area contributed by atoms with Gasteiger partial charge in [-0.25, -0.2) is 19.7 Å². The maximum absolute atomic E-state index is 12.5. The van der Waals surface area contributed by atoms with E-state index in [1.54, 1.807) is 36.3 Å². The molecule has 0 radical (unpaired) electrons. The van der Waals surface area contributed by atoms with Crippen molar-refractivity contribution in [1.29, 1.82) is 0 Å². The van der Waals surface area contributed by atoms with Crippen molar-refractivity contribution in [3.8, 4) is 23.3 Å². The van der Waals surface area contributed by atoms with E-state index in [-0.39, 0.29) is 17.7 Å². The van der Waals surface area contributed by atoms with E-state index in [4.69, 9.17) is 19.9 Å². The number of piperidine rings is 1. The van der Waals surface area contributed by atoms with E-state index in [0.29, 0.717) is 48.1 Å². The molecule has 4 heterocycles. The number of hydrogen-bond donors (Lipinski definition) is 4. The first kappa shape index (κ1) is 26.6. The van der Waals surface area contributed by atoms with Gasteiger partial charge in [-0.05, 0) is 48.9 Å². The van der Waals surface area contributed by atoms with Crippen molar-refractivity contribution in [2.24, 2.45) is 5.92 Å². The summed E-state index contributed by atoms with van der Waals surface area (Å²) < 4.78 is 17.6. The van der Waals surface area contributed by atoms with Crippen LogP contribution in [0.4, 0.5) is 10.6 Å². The van der Waals surface area contributed by atoms with E-state index in [2.05, 4.69) is 26.8 Å². The molecule has 0 bridgehead atoms. The molecule has 13 nitrogen and oxygen atoms in total. The summed E-state index contributed by atoms with van der Waals surface area (Å²) in [6, 6.07) is 6.85. The highest BCUT2D eigenvalue weighted by Crippen LogP contribution is 2.32. The number of hydrogen-bond acceptors (Lipinski definition) is 11. The first-order valence-corrected chi connectivity index (χ1v) is 12.6. The van der Waals surface area contributed by atoms with E-state index in [1.807, 2.05) is 0 Å². The predicted molar refractivity (Wildman–Crippen MR) is 138 cm³/mol. The van der Waals surface area contributed by atoms with Gasteiger partial charge in [0.2, 0.25) is 5.82 Å². The van der Waals surface area contributed by atoms with Crippen LogP contribution in [0.15, 0.2) is 30.6 Å². The predicted octanol–water partition coefficient (Wildman–Crippen LogP) is 0.681. The number of imidazole rings is 1. The molecule has 39 heavy (non-hydrogen) atoms. The first-order chi connectivity index (χ1) is 18.9. The van der Waals surface area contributed by atoms with E-state index in [9.17, 15) is 20.1 Å². The number of anilines is 1. The average molecular weight is 539 g/mol. The van der Waals surface area contributed by atoms with Crippen LogP contribution in [0.3, 0.4) is 0 Å². The second-order valence-electron chi connectivity index (χ2n) is 9.47. The molecule has 4 atom stereocenters. The van der Waals surface area contributed by atoms with Crippen molar-refractivity contribution in [1.82, 2.24) is 24.4 Å². The number of fused-ring (bicyclic) bond motifs is 1. The number of aliphatic hydroxyl groups excluding tert-OH is 3. The zero-order chi connectivity index (χ0) is 27.5. The van der Waals surface area contributed by atoms with Gasteiger partial charge in [-0.3, -0.25) is 4.57 Å². The van der Waals surface area contributed by atoms with Gasteiger partial charge in [-0.15, -0.1) is 0 Å². The number of ether oxygens (including phenoxy) is 3. The normalized spacial score (nSPS) is 23.4. The van der Waals surface area contributed by atoms with E-state index < -0.39 is 31.1 Å². The molecule has 3 aromatic rings. The highest BCUT2D eigenvalue weighted by Gasteiger charge is 2.44. The third kappa shape index (κ3) is 5.59. The standard InChI is InChI=1S/C26H30N6O7/c1-37-16-5-7-17(8-6-16)38-26(36)31-11-9-15(10-12-31)3-2-4-19-29-23(27)20-24(30-19)32(14-28-20)25-22(35)21(34)18(13-33)39-25/h5-8,14-15,18,21-22,25,33-35H,3,9-13H2,1H3,(H2,27,29,30)/t18?,21-,22-,25?/m0/s1. The Hall–Kier alpha value is -3.96. The quantitative estimate of drug-likeness (QED) is 0.336. The second kappa shape index (κ2) is 11.4. The summed E-state index contributed by atoms with van der Waals surface area (Å²) in [6.07, 6.45) is -1.31. The molecule has 0 saturated carbocycles. The molecule has 2 unspecified atom stereocenters. The number of nitrogen functional groups attached to an aromatic ring is 1. The number of amides is 1. The molecule has 2 fully saturated rings. The van der Waals surface area contributed by atoms with Crippen LogP contribution in [-0.4, -0.2) is 90.9 Å². The van der Waals surface area contributed by atoms with Crippen molar-refractivity contribution in [2.45, 2.75) is 43.8 Å². The number of benzene rings is 1. The third-order valence-electron chi connectivity index (χ3n) is 6.97. The maximum atomic E-state index is 12.5. The van der Waals surface area contributed by atoms with Crippen LogP contribution in [0, 0.1) is 17.8 Å². The molecule has 0 spiro atoms. The fourth-order valence-electron chi connectivity index (χ4n) is 4.69. The van der Waals surface area contributed by atoms with Crippen molar-refractivity contribution >= 4 is 23.1 Å². The Kier molecular flexibility index (Phi) is 7.80. The smallest absolute Gasteiger partial charge is 0.415 e. The minimum Gasteiger partial charge on any atom is -0.497 e. The molecule has 206 valence electrons. The van der Waals surface area contributed by atoms with Crippen molar-refractivity contribution < 1.29 is 34.3 Å². The van der Waals surface area contributed by atoms with Gasteiger partial charge in [-0.1, -0.05) is 5.92 Å². The summed E-state index contributed by atoms with van der Waals surface area (Å²) in [5.74, 6) is 7.82. The number of likely N-dealkylation sites (tertiary alicyclic amines) is 1. The zero-order valence-corrected chi connectivity index (χ0v) is 21.3. The lowest BCUT2D eigenvalue weighted by atomic mass is 9.94. The summed E-state index contributed by atoms with van der Waals surface area (Å²) in [4.78, 5) is 27.1. The van der Waals surface area contributed by atoms with Crippen LogP contribution in [0.2, 0.25) is 0 Å². The number of carbonyl (C=O) groups excluding carboxylic acids is 1. The Balaban J connectivity index is 1.19. The number of nitrogens with two attached hydrogens (primary N) is 1. The first-order valence-electron chi connectivity index (χ1n) is 12.6. The second-order valence-corrected chi connectivity index (χ2v) is 9.47. The van der Waals surface area contributed by atoms with Gasteiger partial charge in [0, 0.05) is 19.5 Å². The SMILES string of the molecule is COc1ccc(OC(=O)N2CCC(CC#Cc3nc(N)c4ncn(C5OC(CO)[C@H](O)[C@@H]5O)c4n3)CC2)cc1. The fraction of sp³-hybridized carbons (Fsp3) is 0.462. The number of carbonyl (C=O) groups is 1. The topological polar surface area (TPSA) is 178 Å². The van der Waals surface area contributed by atoms with Crippen LogP contribution >= 0.6 is 0 Å². The van der Waals surface area contributed by atoms with Gasteiger partial charge in [-0.2, -0.15) is 0 Å².